The fraction of sp³-hybridized carbons (Fsp3) is 0.556. The first-order valence-electron chi connectivity index (χ1n) is 8.54. The minimum absolute atomic E-state index is 0.550. The Kier molecular flexibility index (Phi) is 4.42. The van der Waals surface area contributed by atoms with Gasteiger partial charge in [-0.2, -0.15) is 0 Å². The van der Waals surface area contributed by atoms with Crippen LogP contribution < -0.4 is 0 Å². The molecular formula is C18H24N4S. The first-order valence-corrected chi connectivity index (χ1v) is 9.42. The molecule has 122 valence electrons. The summed E-state index contributed by atoms with van der Waals surface area (Å²) in [5.41, 5.74) is 1.75. The average molecular weight is 328 g/mol. The Morgan fingerprint density at radius 1 is 0.957 bits per heavy atom. The van der Waals surface area contributed by atoms with Crippen LogP contribution in [0.5, 0.6) is 0 Å². The number of likely N-dealkylation sites (tertiary alicyclic amines) is 2. The Morgan fingerprint density at radius 3 is 2.48 bits per heavy atom. The summed E-state index contributed by atoms with van der Waals surface area (Å²) < 4.78 is 0. The zero-order chi connectivity index (χ0) is 15.5. The van der Waals surface area contributed by atoms with Crippen LogP contribution in [-0.2, 0) is 13.1 Å². The topological polar surface area (TPSA) is 32.3 Å². The highest BCUT2D eigenvalue weighted by atomic mass is 32.1. The third kappa shape index (κ3) is 3.62. The fourth-order valence-electron chi connectivity index (χ4n) is 4.00. The Hall–Kier alpha value is -1.30. The van der Waals surface area contributed by atoms with Crippen LogP contribution in [0.3, 0.4) is 0 Å². The van der Waals surface area contributed by atoms with Crippen molar-refractivity contribution in [1.82, 2.24) is 19.8 Å². The van der Waals surface area contributed by atoms with Crippen LogP contribution in [0.25, 0.3) is 0 Å². The Morgan fingerprint density at radius 2 is 1.78 bits per heavy atom. The van der Waals surface area contributed by atoms with Crippen molar-refractivity contribution in [2.24, 2.45) is 5.41 Å². The number of aromatic nitrogens is 2. The van der Waals surface area contributed by atoms with Crippen molar-refractivity contribution < 1.29 is 0 Å². The number of thiazole rings is 1. The molecule has 0 unspecified atom stereocenters. The Bertz CT molecular complexity index is 605. The van der Waals surface area contributed by atoms with Gasteiger partial charge >= 0.3 is 0 Å². The number of nitrogens with zero attached hydrogens (tertiary/aromatic N) is 4. The van der Waals surface area contributed by atoms with Crippen molar-refractivity contribution in [3.63, 3.8) is 0 Å². The molecule has 4 nitrogen and oxygen atoms in total. The van der Waals surface area contributed by atoms with Gasteiger partial charge in [-0.25, -0.2) is 4.98 Å². The highest BCUT2D eigenvalue weighted by Crippen LogP contribution is 2.41. The highest BCUT2D eigenvalue weighted by molar-refractivity contribution is 7.09. The monoisotopic (exact) mass is 328 g/mol. The lowest BCUT2D eigenvalue weighted by atomic mass is 9.78. The van der Waals surface area contributed by atoms with Gasteiger partial charge in [0.2, 0.25) is 0 Å². The Balaban J connectivity index is 1.29. The number of pyridine rings is 1. The summed E-state index contributed by atoms with van der Waals surface area (Å²) in [4.78, 5) is 14.1. The molecule has 4 heterocycles. The maximum Gasteiger partial charge on any atom is 0.107 e. The molecule has 0 aliphatic carbocycles. The molecule has 0 radical (unpaired) electrons. The number of rotatable bonds is 4. The first-order chi connectivity index (χ1) is 11.3. The van der Waals surface area contributed by atoms with E-state index in [0.29, 0.717) is 5.41 Å². The van der Waals surface area contributed by atoms with Crippen molar-refractivity contribution in [3.8, 4) is 0 Å². The molecular weight excluding hydrogens is 304 g/mol. The summed E-state index contributed by atoms with van der Waals surface area (Å²) in [6.07, 6.45) is 7.83. The zero-order valence-electron chi connectivity index (χ0n) is 13.5. The van der Waals surface area contributed by atoms with E-state index in [2.05, 4.69) is 37.3 Å². The van der Waals surface area contributed by atoms with Crippen LogP contribution in [0.4, 0.5) is 0 Å². The van der Waals surface area contributed by atoms with Crippen LogP contribution in [0.1, 0.15) is 30.0 Å². The highest BCUT2D eigenvalue weighted by Gasteiger charge is 2.40. The van der Waals surface area contributed by atoms with Crippen molar-refractivity contribution in [2.45, 2.75) is 32.4 Å². The van der Waals surface area contributed by atoms with Gasteiger partial charge in [0.25, 0.3) is 0 Å². The molecule has 2 aliphatic heterocycles. The van der Waals surface area contributed by atoms with E-state index in [1.54, 1.807) is 11.3 Å². The van der Waals surface area contributed by atoms with Gasteiger partial charge < -0.3 is 0 Å². The summed E-state index contributed by atoms with van der Waals surface area (Å²) in [5, 5.41) is 3.33. The summed E-state index contributed by atoms with van der Waals surface area (Å²) in [6, 6.07) is 6.22. The normalized spacial score (nSPS) is 21.9. The predicted octanol–water partition coefficient (Wildman–Crippen LogP) is 3.03. The number of piperidine rings is 1. The quantitative estimate of drug-likeness (QED) is 0.863. The van der Waals surface area contributed by atoms with E-state index in [0.717, 1.165) is 13.1 Å². The summed E-state index contributed by atoms with van der Waals surface area (Å²) in [6.45, 7) is 6.95. The van der Waals surface area contributed by atoms with Gasteiger partial charge in [0, 0.05) is 30.9 Å². The van der Waals surface area contributed by atoms with Gasteiger partial charge in [0.1, 0.15) is 5.01 Å². The second-order valence-electron chi connectivity index (χ2n) is 6.98. The Labute approximate surface area is 142 Å². The summed E-state index contributed by atoms with van der Waals surface area (Å²) in [5.74, 6) is 0. The van der Waals surface area contributed by atoms with E-state index >= 15 is 0 Å². The molecule has 5 heteroatoms. The second-order valence-corrected chi connectivity index (χ2v) is 7.96. The van der Waals surface area contributed by atoms with Crippen molar-refractivity contribution in [2.75, 3.05) is 26.2 Å². The maximum atomic E-state index is 4.47. The van der Waals surface area contributed by atoms with E-state index in [4.69, 9.17) is 0 Å². The lowest BCUT2D eigenvalue weighted by Gasteiger charge is -2.39. The van der Waals surface area contributed by atoms with Crippen LogP contribution in [-0.4, -0.2) is 45.9 Å². The molecule has 0 amide bonds. The van der Waals surface area contributed by atoms with Crippen molar-refractivity contribution in [1.29, 1.82) is 0 Å². The minimum Gasteiger partial charge on any atom is -0.297 e. The van der Waals surface area contributed by atoms with Crippen LogP contribution in [0.2, 0.25) is 0 Å². The minimum atomic E-state index is 0.550. The smallest absolute Gasteiger partial charge is 0.107 e. The largest absolute Gasteiger partial charge is 0.297 e. The molecule has 0 N–H and O–H groups in total. The fourth-order valence-corrected chi connectivity index (χ4v) is 4.66. The zero-order valence-corrected chi connectivity index (χ0v) is 14.3. The molecule has 0 aromatic carbocycles. The number of hydrogen-bond donors (Lipinski definition) is 0. The molecule has 2 aromatic heterocycles. The average Bonchev–Trinajstić information content (AvgIpc) is 3.22. The van der Waals surface area contributed by atoms with E-state index < -0.39 is 0 Å². The SMILES string of the molecule is c1ccc(CN2CCC3(CCN(Cc4nccs4)CC3)C2)nc1. The summed E-state index contributed by atoms with van der Waals surface area (Å²) in [7, 11) is 0. The molecule has 23 heavy (non-hydrogen) atoms. The van der Waals surface area contributed by atoms with E-state index in [1.807, 2.05) is 18.5 Å². The molecule has 0 bridgehead atoms. The first kappa shape index (κ1) is 15.2. The predicted molar refractivity (Wildman–Crippen MR) is 93.2 cm³/mol. The van der Waals surface area contributed by atoms with Crippen LogP contribution in [0.15, 0.2) is 36.0 Å². The van der Waals surface area contributed by atoms with Gasteiger partial charge in [0.15, 0.2) is 0 Å². The van der Waals surface area contributed by atoms with Gasteiger partial charge in [-0.05, 0) is 56.4 Å². The van der Waals surface area contributed by atoms with Crippen LogP contribution in [0, 0.1) is 5.41 Å². The molecule has 2 aromatic rings. The van der Waals surface area contributed by atoms with Crippen LogP contribution >= 0.6 is 11.3 Å². The van der Waals surface area contributed by atoms with Gasteiger partial charge in [0.05, 0.1) is 12.2 Å². The van der Waals surface area contributed by atoms with E-state index in [9.17, 15) is 0 Å². The van der Waals surface area contributed by atoms with Crippen molar-refractivity contribution in [3.05, 3.63) is 46.7 Å². The molecule has 0 saturated carbocycles. The maximum absolute atomic E-state index is 4.47. The third-order valence-electron chi connectivity index (χ3n) is 5.39. The van der Waals surface area contributed by atoms with Gasteiger partial charge in [-0.15, -0.1) is 11.3 Å². The lowest BCUT2D eigenvalue weighted by Crippen LogP contribution is -2.41. The standard InChI is InChI=1S/C18H24N4S/c1-2-7-19-16(3-1)13-22-11-6-18(15-22)4-9-21(10-5-18)14-17-20-8-12-23-17/h1-3,7-8,12H,4-6,9-11,13-15H2. The second kappa shape index (κ2) is 6.67. The van der Waals surface area contributed by atoms with E-state index in [-0.39, 0.29) is 0 Å². The third-order valence-corrected chi connectivity index (χ3v) is 6.15. The lowest BCUT2D eigenvalue weighted by molar-refractivity contribution is 0.102. The molecule has 1 spiro atoms. The molecule has 4 rings (SSSR count). The van der Waals surface area contributed by atoms with Gasteiger partial charge in [-0.1, -0.05) is 6.07 Å². The molecule has 2 fully saturated rings. The molecule has 0 atom stereocenters. The molecule has 2 aliphatic rings. The van der Waals surface area contributed by atoms with Gasteiger partial charge in [-0.3, -0.25) is 14.8 Å². The van der Waals surface area contributed by atoms with Crippen molar-refractivity contribution >= 4 is 11.3 Å². The summed E-state index contributed by atoms with van der Waals surface area (Å²) >= 11 is 1.77. The molecule has 2 saturated heterocycles. The number of hydrogen-bond acceptors (Lipinski definition) is 5. The van der Waals surface area contributed by atoms with E-state index in [1.165, 1.54) is 56.1 Å².